The van der Waals surface area contributed by atoms with E-state index in [0.717, 1.165) is 0 Å². The lowest BCUT2D eigenvalue weighted by atomic mass is 9.83. The average Bonchev–Trinajstić information content (AvgIpc) is 3.40. The van der Waals surface area contributed by atoms with E-state index in [1.165, 1.54) is 0 Å². The summed E-state index contributed by atoms with van der Waals surface area (Å²) in [6, 6.07) is -4.11. The maximum absolute atomic E-state index is 13.0. The first-order valence-corrected chi connectivity index (χ1v) is 17.8. The van der Waals surface area contributed by atoms with Crippen molar-refractivity contribution >= 4 is 5.91 Å². The molecule has 0 aromatic carbocycles. The second-order valence-electron chi connectivity index (χ2n) is 14.3. The number of ether oxygens (including phenoxy) is 6. The maximum atomic E-state index is 13.0. The average molecular weight is 755 g/mol. The second kappa shape index (κ2) is 18.1. The highest BCUT2D eigenvalue weighted by Crippen LogP contribution is 2.35. The fourth-order valence-electron chi connectivity index (χ4n) is 7.10. The van der Waals surface area contributed by atoms with E-state index in [1.54, 1.807) is 0 Å². The van der Waals surface area contributed by atoms with Gasteiger partial charge in [0.1, 0.15) is 54.9 Å². The molecule has 20 N–H and O–H groups in total. The number of rotatable bonds is 15. The van der Waals surface area contributed by atoms with Gasteiger partial charge in [-0.1, -0.05) is 0 Å². The van der Waals surface area contributed by atoms with Crippen molar-refractivity contribution in [2.45, 2.75) is 135 Å². The minimum atomic E-state index is -1.69. The third kappa shape index (κ3) is 9.03. The van der Waals surface area contributed by atoms with Crippen LogP contribution in [0.5, 0.6) is 0 Å². The van der Waals surface area contributed by atoms with E-state index in [0.29, 0.717) is 19.5 Å². The molecule has 0 radical (unpaired) electrons. The molecule has 5 aliphatic rings. The Balaban J connectivity index is 1.34. The highest BCUT2D eigenvalue weighted by molar-refractivity contribution is 5.87. The lowest BCUT2D eigenvalue weighted by molar-refractivity contribution is -0.296. The molecule has 1 saturated carbocycles. The van der Waals surface area contributed by atoms with Crippen molar-refractivity contribution in [1.82, 2.24) is 16.0 Å². The standard InChI is InChI=1S/C30H58N8O14/c31-2-1-3-36-7-16-14(40)5-12(34)26(48-16)50-23-11(33)4-13(38-29(45)30(46)9-37-10-30)19(41)25(23)52-28-22(44)24(17(8-39)49-28)51-27-18(35)21(43)20(42)15(6-32)47-27/h11-28,36-37,39-44,46H,1-10,31-35H2,(H,38,45)/t11-,12+,13+,14-,15-,16+,17+,18+,19-,20+,21+,22+,23+,24+,25+,26+,27+,28-/m0/s1. The third-order valence-corrected chi connectivity index (χ3v) is 10.4. The molecule has 1 aliphatic carbocycles. The van der Waals surface area contributed by atoms with Gasteiger partial charge >= 0.3 is 0 Å². The van der Waals surface area contributed by atoms with Crippen molar-refractivity contribution in [2.75, 3.05) is 45.9 Å². The first-order chi connectivity index (χ1) is 24.7. The summed E-state index contributed by atoms with van der Waals surface area (Å²) < 4.78 is 35.9. The molecule has 18 atom stereocenters. The largest absolute Gasteiger partial charge is 0.394 e. The molecule has 0 bridgehead atoms. The molecule has 0 unspecified atom stereocenters. The highest BCUT2D eigenvalue weighted by Gasteiger charge is 2.55. The molecule has 4 heterocycles. The van der Waals surface area contributed by atoms with Gasteiger partial charge in [-0.05, 0) is 32.4 Å². The van der Waals surface area contributed by atoms with Crippen LogP contribution in [-0.2, 0) is 33.2 Å². The van der Waals surface area contributed by atoms with Gasteiger partial charge in [0.2, 0.25) is 0 Å². The van der Waals surface area contributed by atoms with Crippen LogP contribution in [0.3, 0.4) is 0 Å². The van der Waals surface area contributed by atoms with Crippen LogP contribution in [0.1, 0.15) is 19.3 Å². The Morgan fingerprint density at radius 2 is 1.44 bits per heavy atom. The number of hydrogen-bond acceptors (Lipinski definition) is 21. The summed E-state index contributed by atoms with van der Waals surface area (Å²) in [5.74, 6) is -0.741. The van der Waals surface area contributed by atoms with Gasteiger partial charge in [-0.15, -0.1) is 0 Å². The molecule has 5 rings (SSSR count). The van der Waals surface area contributed by atoms with Crippen LogP contribution in [0.2, 0.25) is 0 Å². The summed E-state index contributed by atoms with van der Waals surface area (Å²) in [5.41, 5.74) is 28.5. The first kappa shape index (κ1) is 41.8. The van der Waals surface area contributed by atoms with Crippen molar-refractivity contribution in [3.63, 3.8) is 0 Å². The maximum Gasteiger partial charge on any atom is 0.254 e. The van der Waals surface area contributed by atoms with Crippen molar-refractivity contribution in [3.05, 3.63) is 0 Å². The number of nitrogens with one attached hydrogen (secondary N) is 3. The van der Waals surface area contributed by atoms with E-state index in [-0.39, 0.29) is 39.0 Å². The molecule has 4 aliphatic heterocycles. The smallest absolute Gasteiger partial charge is 0.254 e. The van der Waals surface area contributed by atoms with Gasteiger partial charge in [-0.3, -0.25) is 4.79 Å². The predicted molar refractivity (Wildman–Crippen MR) is 176 cm³/mol. The van der Waals surface area contributed by atoms with Crippen molar-refractivity contribution in [1.29, 1.82) is 0 Å². The SMILES string of the molecule is NCCCNC[C@H]1O[C@H](O[C@H]2[C@H](O[C@@H]3O[C@H](CO)[C@@H](O[C@H]4O[C@@H](CN)[C@@H](O)[C@H](O)[C@H]4N)[C@H]3O)[C@@H](O)[C@H](NC(=O)C3(O)CNC3)C[C@@H]2N)[C@H](N)C[C@@H]1O. The Hall–Kier alpha value is -1.33. The topological polar surface area (TPSA) is 380 Å². The number of nitrogens with two attached hydrogens (primary N) is 5. The third-order valence-electron chi connectivity index (χ3n) is 10.4. The van der Waals surface area contributed by atoms with E-state index >= 15 is 0 Å². The lowest BCUT2D eigenvalue weighted by Gasteiger charge is -2.48. The van der Waals surface area contributed by atoms with E-state index < -0.39 is 128 Å². The molecule has 22 heteroatoms. The summed E-state index contributed by atoms with van der Waals surface area (Å²) in [4.78, 5) is 13.0. The monoisotopic (exact) mass is 754 g/mol. The van der Waals surface area contributed by atoms with Crippen LogP contribution >= 0.6 is 0 Å². The molecule has 4 saturated heterocycles. The molecule has 0 aromatic heterocycles. The molecule has 0 spiro atoms. The molecule has 0 aromatic rings. The normalized spacial score (nSPS) is 46.5. The number of amides is 1. The minimum absolute atomic E-state index is 0.00674. The van der Waals surface area contributed by atoms with Gasteiger partial charge < -0.3 is 109 Å². The Labute approximate surface area is 300 Å². The van der Waals surface area contributed by atoms with Gasteiger partial charge in [0.05, 0.1) is 36.9 Å². The van der Waals surface area contributed by atoms with Gasteiger partial charge in [0.15, 0.2) is 24.5 Å². The number of β-amino-alcohol motifs (C(OH)–C–C–N with tert-alkyl or cyclic N) is 1. The fourth-order valence-corrected chi connectivity index (χ4v) is 7.10. The second-order valence-corrected chi connectivity index (χ2v) is 14.3. The van der Waals surface area contributed by atoms with Crippen molar-refractivity contribution < 1.29 is 69.0 Å². The Morgan fingerprint density at radius 3 is 2.08 bits per heavy atom. The Bertz CT molecular complexity index is 1150. The highest BCUT2D eigenvalue weighted by atomic mass is 16.8. The van der Waals surface area contributed by atoms with Gasteiger partial charge in [-0.25, -0.2) is 0 Å². The molecular formula is C30H58N8O14. The van der Waals surface area contributed by atoms with Gasteiger partial charge in [-0.2, -0.15) is 0 Å². The lowest BCUT2D eigenvalue weighted by Crippen LogP contribution is -2.71. The zero-order valence-corrected chi connectivity index (χ0v) is 28.8. The molecule has 22 nitrogen and oxygen atoms in total. The Kier molecular flexibility index (Phi) is 14.5. The minimum Gasteiger partial charge on any atom is -0.394 e. The van der Waals surface area contributed by atoms with Gasteiger partial charge in [0, 0.05) is 32.2 Å². The van der Waals surface area contributed by atoms with Crippen LogP contribution < -0.4 is 44.6 Å². The van der Waals surface area contributed by atoms with Crippen molar-refractivity contribution in [2.24, 2.45) is 28.7 Å². The number of hydrogen-bond donors (Lipinski definition) is 15. The zero-order chi connectivity index (χ0) is 37.9. The van der Waals surface area contributed by atoms with Crippen LogP contribution in [0, 0.1) is 0 Å². The summed E-state index contributed by atoms with van der Waals surface area (Å²) in [7, 11) is 0. The van der Waals surface area contributed by atoms with E-state index in [9.17, 15) is 40.5 Å². The van der Waals surface area contributed by atoms with Crippen LogP contribution in [0.15, 0.2) is 0 Å². The van der Waals surface area contributed by atoms with Crippen molar-refractivity contribution in [3.8, 4) is 0 Å². The van der Waals surface area contributed by atoms with Crippen LogP contribution in [-0.4, -0.2) is 203 Å². The number of carbonyl (C=O) groups is 1. The molecule has 302 valence electrons. The molecule has 5 fully saturated rings. The molecular weight excluding hydrogens is 696 g/mol. The van der Waals surface area contributed by atoms with E-state index in [2.05, 4.69) is 16.0 Å². The summed E-state index contributed by atoms with van der Waals surface area (Å²) in [5, 5.41) is 83.8. The van der Waals surface area contributed by atoms with E-state index in [4.69, 9.17) is 57.1 Å². The number of carbonyl (C=O) groups excluding carboxylic acids is 1. The predicted octanol–water partition coefficient (Wildman–Crippen LogP) is -9.39. The number of aliphatic hydroxyl groups excluding tert-OH is 6. The fraction of sp³-hybridized carbons (Fsp3) is 0.967. The van der Waals surface area contributed by atoms with Crippen LogP contribution in [0.4, 0.5) is 0 Å². The van der Waals surface area contributed by atoms with Crippen LogP contribution in [0.25, 0.3) is 0 Å². The number of aliphatic hydroxyl groups is 7. The Morgan fingerprint density at radius 1 is 0.788 bits per heavy atom. The molecule has 52 heavy (non-hydrogen) atoms. The first-order valence-electron chi connectivity index (χ1n) is 17.8. The summed E-state index contributed by atoms with van der Waals surface area (Å²) in [6.45, 7) is 0.484. The van der Waals surface area contributed by atoms with Gasteiger partial charge in [0.25, 0.3) is 5.91 Å². The summed E-state index contributed by atoms with van der Waals surface area (Å²) >= 11 is 0. The quantitative estimate of drug-likeness (QED) is 0.0690. The van der Waals surface area contributed by atoms with E-state index in [1.807, 2.05) is 0 Å². The zero-order valence-electron chi connectivity index (χ0n) is 28.8. The molecule has 1 amide bonds. The summed E-state index contributed by atoms with van der Waals surface area (Å²) in [6.07, 6.45) is -17.4.